The fourth-order valence-electron chi connectivity index (χ4n) is 7.58. The molecule has 1 rings (SSSR count). The van der Waals surface area contributed by atoms with Crippen LogP contribution in [0.15, 0.2) is 109 Å². The van der Waals surface area contributed by atoms with Gasteiger partial charge in [-0.05, 0) is 122 Å². The zero-order valence-corrected chi connectivity index (χ0v) is 45.1. The highest BCUT2D eigenvalue weighted by Gasteiger charge is 2.50. The average Bonchev–Trinajstić information content (AvgIpc) is 3.37. The SMILES string of the molecule is CC/C=C\C/C=C\C/C=C\C/C=C\CCCCC(=O)OCC(COC1OC(C(=O)O)C(O)C(O)C1OC(=O)CCCC/C=C\C/C=C\C/C=C\C/C=C\CC)OC(=O)CCCCCCC/C=C\CCCCCC. The van der Waals surface area contributed by atoms with Crippen LogP contribution in [0, 0.1) is 0 Å². The van der Waals surface area contributed by atoms with Crippen LogP contribution in [0.4, 0.5) is 0 Å². The molecule has 412 valence electrons. The summed E-state index contributed by atoms with van der Waals surface area (Å²) in [6.45, 7) is 5.66. The summed E-state index contributed by atoms with van der Waals surface area (Å²) in [5.74, 6) is -3.26. The molecule has 12 nitrogen and oxygen atoms in total. The van der Waals surface area contributed by atoms with Gasteiger partial charge in [-0.25, -0.2) is 4.79 Å². The lowest BCUT2D eigenvalue weighted by Gasteiger charge is -2.40. The van der Waals surface area contributed by atoms with Crippen molar-refractivity contribution >= 4 is 23.9 Å². The number of unbranched alkanes of at least 4 members (excludes halogenated alkanes) is 13. The molecule has 1 aliphatic heterocycles. The van der Waals surface area contributed by atoms with Crippen LogP contribution in [0.3, 0.4) is 0 Å². The van der Waals surface area contributed by atoms with Gasteiger partial charge in [0.2, 0.25) is 0 Å². The minimum atomic E-state index is -1.93. The van der Waals surface area contributed by atoms with Crippen molar-refractivity contribution in [3.63, 3.8) is 0 Å². The van der Waals surface area contributed by atoms with E-state index < -0.39 is 67.3 Å². The summed E-state index contributed by atoms with van der Waals surface area (Å²) in [5, 5.41) is 31.4. The summed E-state index contributed by atoms with van der Waals surface area (Å²) >= 11 is 0. The van der Waals surface area contributed by atoms with E-state index in [-0.39, 0.29) is 25.9 Å². The second-order valence-electron chi connectivity index (χ2n) is 18.4. The average molecular weight is 1020 g/mol. The lowest BCUT2D eigenvalue weighted by molar-refractivity contribution is -0.301. The van der Waals surface area contributed by atoms with Crippen molar-refractivity contribution in [3.8, 4) is 0 Å². The van der Waals surface area contributed by atoms with E-state index in [1.54, 1.807) is 0 Å². The third-order valence-electron chi connectivity index (χ3n) is 11.8. The molecule has 0 spiro atoms. The predicted molar refractivity (Wildman–Crippen MR) is 294 cm³/mol. The monoisotopic (exact) mass is 1020 g/mol. The van der Waals surface area contributed by atoms with E-state index in [0.717, 1.165) is 109 Å². The summed E-state index contributed by atoms with van der Waals surface area (Å²) in [6, 6.07) is 0. The zero-order valence-electron chi connectivity index (χ0n) is 45.1. The van der Waals surface area contributed by atoms with Gasteiger partial charge in [0.05, 0.1) is 6.61 Å². The van der Waals surface area contributed by atoms with Gasteiger partial charge >= 0.3 is 23.9 Å². The van der Waals surface area contributed by atoms with Crippen molar-refractivity contribution in [2.24, 2.45) is 0 Å². The van der Waals surface area contributed by atoms with Gasteiger partial charge in [-0.2, -0.15) is 0 Å². The zero-order chi connectivity index (χ0) is 53.3. The summed E-state index contributed by atoms with van der Waals surface area (Å²) in [7, 11) is 0. The van der Waals surface area contributed by atoms with Crippen LogP contribution in [0.25, 0.3) is 0 Å². The molecule has 6 unspecified atom stereocenters. The lowest BCUT2D eigenvalue weighted by atomic mass is 9.98. The summed E-state index contributed by atoms with van der Waals surface area (Å²) in [4.78, 5) is 51.0. The van der Waals surface area contributed by atoms with E-state index in [2.05, 4.69) is 130 Å². The Hall–Kier alpha value is -4.62. The Morgan fingerprint density at radius 1 is 0.466 bits per heavy atom. The number of hydrogen-bond donors (Lipinski definition) is 3. The fourth-order valence-corrected chi connectivity index (χ4v) is 7.58. The van der Waals surface area contributed by atoms with Crippen LogP contribution in [-0.4, -0.2) is 89.2 Å². The fraction of sp³-hybridized carbons (Fsp3) is 0.639. The molecule has 1 aliphatic rings. The normalized spacial score (nSPS) is 19.2. The second kappa shape index (κ2) is 48.3. The smallest absolute Gasteiger partial charge is 0.335 e. The van der Waals surface area contributed by atoms with E-state index in [4.69, 9.17) is 23.7 Å². The van der Waals surface area contributed by atoms with E-state index >= 15 is 0 Å². The standard InChI is InChI=1S/C61H96O12/c1-4-7-10-13-16-19-22-25-27-30-32-35-38-41-44-47-53(62)69-50-52(71-54(63)48-45-42-39-36-33-29-24-21-18-15-12-9-6-3)51-70-61-59(57(66)56(65)58(73-61)60(67)68)72-55(64)49-46-43-40-37-34-31-28-26-23-20-17-14-11-8-5-2/h7-8,10-11,16-17,19-21,24-28,32,34-35,37,52,56-59,61,65-66H,4-6,9,12-15,18,22-23,29-31,33,36,38-51H2,1-3H3,(H,67,68)/b10-7-,11-8-,19-16-,20-17-,24-21-,27-25-,28-26-,35-32-,37-34-. The quantitative estimate of drug-likeness (QED) is 0.0228. The van der Waals surface area contributed by atoms with E-state index in [1.807, 2.05) is 0 Å². The maximum atomic E-state index is 13.1. The first kappa shape index (κ1) is 66.4. The first-order chi connectivity index (χ1) is 35.6. The molecular formula is C61H96O12. The Balaban J connectivity index is 2.78. The molecule has 0 radical (unpaired) electrons. The minimum Gasteiger partial charge on any atom is -0.479 e. The van der Waals surface area contributed by atoms with Crippen molar-refractivity contribution in [1.29, 1.82) is 0 Å². The predicted octanol–water partition coefficient (Wildman–Crippen LogP) is 13.9. The Labute approximate surface area is 440 Å². The molecule has 0 aliphatic carbocycles. The molecule has 6 atom stereocenters. The number of ether oxygens (including phenoxy) is 5. The van der Waals surface area contributed by atoms with Crippen LogP contribution in [-0.2, 0) is 42.9 Å². The van der Waals surface area contributed by atoms with Crippen molar-refractivity contribution < 1.29 is 58.2 Å². The molecule has 3 N–H and O–H groups in total. The molecule has 73 heavy (non-hydrogen) atoms. The van der Waals surface area contributed by atoms with Gasteiger partial charge in [-0.15, -0.1) is 0 Å². The van der Waals surface area contributed by atoms with Gasteiger partial charge in [0.15, 0.2) is 24.6 Å². The van der Waals surface area contributed by atoms with Gasteiger partial charge in [0, 0.05) is 19.3 Å². The van der Waals surface area contributed by atoms with Crippen LogP contribution < -0.4 is 0 Å². The number of allylic oxidation sites excluding steroid dienone is 18. The van der Waals surface area contributed by atoms with Crippen molar-refractivity contribution in [3.05, 3.63) is 109 Å². The summed E-state index contributed by atoms with van der Waals surface area (Å²) in [6.07, 6.45) is 52.1. The van der Waals surface area contributed by atoms with Gasteiger partial charge < -0.3 is 39.0 Å². The molecule has 0 amide bonds. The molecule has 0 aromatic rings. The van der Waals surface area contributed by atoms with Gasteiger partial charge in [0.1, 0.15) is 18.8 Å². The Morgan fingerprint density at radius 3 is 1.36 bits per heavy atom. The lowest BCUT2D eigenvalue weighted by Crippen LogP contribution is -2.61. The number of esters is 3. The van der Waals surface area contributed by atoms with Gasteiger partial charge in [0.25, 0.3) is 0 Å². The number of hydrogen-bond acceptors (Lipinski definition) is 11. The maximum absolute atomic E-state index is 13.1. The van der Waals surface area contributed by atoms with Gasteiger partial charge in [-0.1, -0.05) is 169 Å². The molecular weight excluding hydrogens is 925 g/mol. The maximum Gasteiger partial charge on any atom is 0.335 e. The minimum absolute atomic E-state index is 0.00219. The Bertz CT molecular complexity index is 1690. The van der Waals surface area contributed by atoms with Crippen LogP contribution >= 0.6 is 0 Å². The number of aliphatic hydroxyl groups is 2. The Kier molecular flexibility index (Phi) is 44.0. The third kappa shape index (κ3) is 38.6. The molecule has 12 heteroatoms. The highest BCUT2D eigenvalue weighted by Crippen LogP contribution is 2.26. The molecule has 0 aromatic heterocycles. The van der Waals surface area contributed by atoms with E-state index in [0.29, 0.717) is 25.7 Å². The summed E-state index contributed by atoms with van der Waals surface area (Å²) < 4.78 is 28.3. The number of rotatable bonds is 45. The molecule has 0 saturated carbocycles. The molecule has 1 heterocycles. The largest absolute Gasteiger partial charge is 0.479 e. The molecule has 1 fully saturated rings. The molecule has 0 bridgehead atoms. The number of carbonyl (C=O) groups is 4. The van der Waals surface area contributed by atoms with Gasteiger partial charge in [-0.3, -0.25) is 14.4 Å². The number of aliphatic hydroxyl groups excluding tert-OH is 2. The number of aliphatic carboxylic acids is 1. The first-order valence-corrected chi connectivity index (χ1v) is 27.9. The van der Waals surface area contributed by atoms with Crippen molar-refractivity contribution in [1.82, 2.24) is 0 Å². The van der Waals surface area contributed by atoms with Crippen LogP contribution in [0.1, 0.15) is 201 Å². The van der Waals surface area contributed by atoms with Crippen LogP contribution in [0.2, 0.25) is 0 Å². The van der Waals surface area contributed by atoms with Crippen LogP contribution in [0.5, 0.6) is 0 Å². The molecule has 1 saturated heterocycles. The second-order valence-corrected chi connectivity index (χ2v) is 18.4. The number of carboxylic acid groups (broad SMARTS) is 1. The Morgan fingerprint density at radius 2 is 0.863 bits per heavy atom. The number of carbonyl (C=O) groups excluding carboxylic acids is 3. The topological polar surface area (TPSA) is 175 Å². The first-order valence-electron chi connectivity index (χ1n) is 27.9. The molecule has 0 aromatic carbocycles. The summed E-state index contributed by atoms with van der Waals surface area (Å²) in [5.41, 5.74) is 0. The van der Waals surface area contributed by atoms with Crippen molar-refractivity contribution in [2.45, 2.75) is 237 Å². The van der Waals surface area contributed by atoms with E-state index in [1.165, 1.54) is 25.7 Å². The third-order valence-corrected chi connectivity index (χ3v) is 11.8. The van der Waals surface area contributed by atoms with Crippen molar-refractivity contribution in [2.75, 3.05) is 13.2 Å². The highest BCUT2D eigenvalue weighted by atomic mass is 16.7. The highest BCUT2D eigenvalue weighted by molar-refractivity contribution is 5.74. The number of carboxylic acids is 1. The van der Waals surface area contributed by atoms with E-state index in [9.17, 15) is 34.5 Å².